The van der Waals surface area contributed by atoms with Crippen LogP contribution in [0.1, 0.15) is 11.4 Å². The Balaban J connectivity index is 3.00. The summed E-state index contributed by atoms with van der Waals surface area (Å²) in [6.45, 7) is -0.458. The van der Waals surface area contributed by atoms with E-state index in [2.05, 4.69) is 10.3 Å². The van der Waals surface area contributed by atoms with Crippen molar-refractivity contribution in [1.82, 2.24) is 15.0 Å². The van der Waals surface area contributed by atoms with E-state index in [9.17, 15) is 8.78 Å². The van der Waals surface area contributed by atoms with Crippen molar-refractivity contribution >= 4 is 17.2 Å². The number of halogens is 2. The first-order valence-electron chi connectivity index (χ1n) is 4.05. The molecule has 0 aliphatic heterocycles. The Bertz CT molecular complexity index is 355. The third-order valence-corrected chi connectivity index (χ3v) is 1.86. The van der Waals surface area contributed by atoms with Gasteiger partial charge in [-0.1, -0.05) is 17.4 Å². The maximum atomic E-state index is 12.2. The van der Waals surface area contributed by atoms with Gasteiger partial charge in [-0.15, -0.1) is 5.10 Å². The van der Waals surface area contributed by atoms with Crippen LogP contribution >= 0.6 is 12.2 Å². The van der Waals surface area contributed by atoms with Gasteiger partial charge in [0.1, 0.15) is 17.2 Å². The monoisotopic (exact) mass is 236 g/mol. The fourth-order valence-corrected chi connectivity index (χ4v) is 1.24. The van der Waals surface area contributed by atoms with Gasteiger partial charge in [-0.25, -0.2) is 13.5 Å². The van der Waals surface area contributed by atoms with Crippen LogP contribution in [0.3, 0.4) is 0 Å². The molecule has 0 unspecified atom stereocenters. The molecule has 84 valence electrons. The quantitative estimate of drug-likeness (QED) is 0.746. The number of thiocarbonyl (C=S) groups is 1. The lowest BCUT2D eigenvalue weighted by molar-refractivity contribution is 0.113. The number of nitrogens with two attached hydrogens (primary N) is 1. The first-order chi connectivity index (χ1) is 7.06. The average Bonchev–Trinajstić information content (AvgIpc) is 2.48. The van der Waals surface area contributed by atoms with Crippen molar-refractivity contribution in [3.63, 3.8) is 0 Å². The fourth-order valence-electron chi connectivity index (χ4n) is 1.08. The van der Waals surface area contributed by atoms with Crippen molar-refractivity contribution in [2.75, 3.05) is 7.11 Å². The summed E-state index contributed by atoms with van der Waals surface area (Å²) in [7, 11) is 1.43. The molecule has 0 radical (unpaired) electrons. The second-order valence-corrected chi connectivity index (χ2v) is 3.20. The van der Waals surface area contributed by atoms with Crippen molar-refractivity contribution in [2.45, 2.75) is 19.6 Å². The van der Waals surface area contributed by atoms with Crippen molar-refractivity contribution in [2.24, 2.45) is 5.73 Å². The molecule has 1 heterocycles. The third kappa shape index (κ3) is 2.90. The van der Waals surface area contributed by atoms with E-state index in [1.54, 1.807) is 0 Å². The van der Waals surface area contributed by atoms with Gasteiger partial charge in [-0.05, 0) is 0 Å². The smallest absolute Gasteiger partial charge is 0.257 e. The topological polar surface area (TPSA) is 66.0 Å². The predicted molar refractivity (Wildman–Crippen MR) is 52.6 cm³/mol. The molecule has 0 aliphatic rings. The molecule has 2 N–H and O–H groups in total. The van der Waals surface area contributed by atoms with E-state index < -0.39 is 13.0 Å². The summed E-state index contributed by atoms with van der Waals surface area (Å²) < 4.78 is 30.2. The lowest BCUT2D eigenvalue weighted by atomic mass is 10.3. The second kappa shape index (κ2) is 5.08. The molecule has 0 amide bonds. The molecule has 1 aromatic heterocycles. The molecule has 1 rings (SSSR count). The largest absolute Gasteiger partial charge is 0.388 e. The highest BCUT2D eigenvalue weighted by Crippen LogP contribution is 2.09. The summed E-state index contributed by atoms with van der Waals surface area (Å²) in [5.41, 5.74) is 5.96. The summed E-state index contributed by atoms with van der Waals surface area (Å²) in [5, 5.41) is 7.16. The standard InChI is InChI=1S/C7H10F2N4OS/c1-14-3-4-6(7(10)15)11-12-13(4)2-5(8)9/h5H,2-3H2,1H3,(H2,10,15). The van der Waals surface area contributed by atoms with Gasteiger partial charge in [-0.2, -0.15) is 0 Å². The Hall–Kier alpha value is -1.15. The minimum absolute atomic E-state index is 0.0163. The number of ether oxygens (including phenoxy) is 1. The van der Waals surface area contributed by atoms with Crippen LogP contribution in [-0.2, 0) is 17.9 Å². The van der Waals surface area contributed by atoms with Gasteiger partial charge in [0.2, 0.25) is 0 Å². The molecule has 0 fully saturated rings. The SMILES string of the molecule is COCc1c(C(N)=S)nnn1CC(F)F. The first kappa shape index (κ1) is 11.9. The first-order valence-corrected chi connectivity index (χ1v) is 4.46. The minimum atomic E-state index is -2.51. The van der Waals surface area contributed by atoms with Crippen molar-refractivity contribution < 1.29 is 13.5 Å². The zero-order chi connectivity index (χ0) is 11.4. The van der Waals surface area contributed by atoms with Crippen LogP contribution in [0.15, 0.2) is 0 Å². The van der Waals surface area contributed by atoms with Crippen LogP contribution in [0.4, 0.5) is 8.78 Å². The number of nitrogens with zero attached hydrogens (tertiary/aromatic N) is 3. The van der Waals surface area contributed by atoms with Crippen LogP contribution in [0.25, 0.3) is 0 Å². The van der Waals surface area contributed by atoms with Crippen LogP contribution < -0.4 is 5.73 Å². The van der Waals surface area contributed by atoms with E-state index in [0.29, 0.717) is 5.69 Å². The molecule has 1 aromatic rings. The average molecular weight is 236 g/mol. The van der Waals surface area contributed by atoms with Gasteiger partial charge in [0, 0.05) is 7.11 Å². The molecule has 8 heteroatoms. The number of hydrogen-bond donors (Lipinski definition) is 1. The van der Waals surface area contributed by atoms with Gasteiger partial charge in [0.25, 0.3) is 6.43 Å². The number of alkyl halides is 2. The second-order valence-electron chi connectivity index (χ2n) is 2.76. The van der Waals surface area contributed by atoms with Gasteiger partial charge in [0.15, 0.2) is 0 Å². The zero-order valence-corrected chi connectivity index (χ0v) is 8.80. The minimum Gasteiger partial charge on any atom is -0.388 e. The van der Waals surface area contributed by atoms with E-state index >= 15 is 0 Å². The Kier molecular flexibility index (Phi) is 4.04. The lowest BCUT2D eigenvalue weighted by Gasteiger charge is -2.05. The Morgan fingerprint density at radius 1 is 1.67 bits per heavy atom. The number of hydrogen-bond acceptors (Lipinski definition) is 4. The molecule has 0 saturated heterocycles. The van der Waals surface area contributed by atoms with Crippen LogP contribution in [0, 0.1) is 0 Å². The molecular weight excluding hydrogens is 226 g/mol. The molecule has 0 atom stereocenters. The Morgan fingerprint density at radius 3 is 2.80 bits per heavy atom. The summed E-state index contributed by atoms with van der Waals surface area (Å²) in [5.74, 6) is 0. The van der Waals surface area contributed by atoms with E-state index in [1.807, 2.05) is 0 Å². The van der Waals surface area contributed by atoms with Crippen molar-refractivity contribution in [3.05, 3.63) is 11.4 Å². The molecule has 0 bridgehead atoms. The highest BCUT2D eigenvalue weighted by Gasteiger charge is 2.17. The maximum Gasteiger partial charge on any atom is 0.257 e. The number of rotatable bonds is 5. The molecule has 0 saturated carbocycles. The molecule has 0 spiro atoms. The number of methoxy groups -OCH3 is 1. The molecule has 0 aromatic carbocycles. The van der Waals surface area contributed by atoms with Crippen LogP contribution in [-0.4, -0.2) is 33.5 Å². The van der Waals surface area contributed by atoms with Gasteiger partial charge in [0.05, 0.1) is 12.3 Å². The van der Waals surface area contributed by atoms with Crippen molar-refractivity contribution in [1.29, 1.82) is 0 Å². The molecule has 5 nitrogen and oxygen atoms in total. The van der Waals surface area contributed by atoms with Crippen LogP contribution in [0.5, 0.6) is 0 Å². The van der Waals surface area contributed by atoms with Gasteiger partial charge < -0.3 is 10.5 Å². The fraction of sp³-hybridized carbons (Fsp3) is 0.571. The van der Waals surface area contributed by atoms with E-state index in [0.717, 1.165) is 4.68 Å². The van der Waals surface area contributed by atoms with E-state index in [4.69, 9.17) is 22.7 Å². The Morgan fingerprint density at radius 2 is 2.33 bits per heavy atom. The molecular formula is C7H10F2N4OS. The van der Waals surface area contributed by atoms with E-state index in [-0.39, 0.29) is 17.3 Å². The lowest BCUT2D eigenvalue weighted by Crippen LogP contribution is -2.16. The van der Waals surface area contributed by atoms with E-state index in [1.165, 1.54) is 7.11 Å². The molecule has 0 aliphatic carbocycles. The number of aromatic nitrogens is 3. The maximum absolute atomic E-state index is 12.2. The van der Waals surface area contributed by atoms with Crippen LogP contribution in [0.2, 0.25) is 0 Å². The summed E-state index contributed by atoms with van der Waals surface area (Å²) in [6.07, 6.45) is -2.51. The third-order valence-electron chi connectivity index (χ3n) is 1.66. The Labute approximate surface area is 90.2 Å². The zero-order valence-electron chi connectivity index (χ0n) is 7.98. The summed E-state index contributed by atoms with van der Waals surface area (Å²) >= 11 is 4.71. The predicted octanol–water partition coefficient (Wildman–Crippen LogP) is 0.324. The highest BCUT2D eigenvalue weighted by atomic mass is 32.1. The summed E-state index contributed by atoms with van der Waals surface area (Å²) in [4.78, 5) is 0.0163. The van der Waals surface area contributed by atoms with Gasteiger partial charge >= 0.3 is 0 Å². The van der Waals surface area contributed by atoms with Gasteiger partial charge in [-0.3, -0.25) is 0 Å². The highest BCUT2D eigenvalue weighted by molar-refractivity contribution is 7.80. The summed E-state index contributed by atoms with van der Waals surface area (Å²) in [6, 6.07) is 0. The van der Waals surface area contributed by atoms with Crippen molar-refractivity contribution in [3.8, 4) is 0 Å². The normalized spacial score (nSPS) is 10.9. The molecule has 15 heavy (non-hydrogen) atoms.